The third-order valence-electron chi connectivity index (χ3n) is 6.36. The van der Waals surface area contributed by atoms with Gasteiger partial charge in [0.15, 0.2) is 17.0 Å². The Morgan fingerprint density at radius 3 is 2.14 bits per heavy atom. The van der Waals surface area contributed by atoms with Crippen molar-refractivity contribution in [2.75, 3.05) is 11.9 Å². The molecule has 0 aliphatic heterocycles. The number of hydrogen-bond acceptors (Lipinski definition) is 5. The maximum absolute atomic E-state index is 13.2. The topological polar surface area (TPSA) is 72.5 Å². The van der Waals surface area contributed by atoms with Gasteiger partial charge in [0, 0.05) is 41.9 Å². The molecule has 0 saturated carbocycles. The number of benzene rings is 3. The molecule has 7 heteroatoms. The SMILES string of the molecule is C/C=c1\c(=C/c2ccc(N(C)C(C)=O)cc2)oc(=S)n1-c1ccc2c(c1)C(=O)c1ccccc1C2=O. The molecule has 0 spiro atoms. The molecule has 0 radical (unpaired) electrons. The maximum atomic E-state index is 13.2. The number of fused-ring (bicyclic) bond motifs is 2. The van der Waals surface area contributed by atoms with Crippen molar-refractivity contribution in [1.82, 2.24) is 4.57 Å². The summed E-state index contributed by atoms with van der Waals surface area (Å²) in [5.41, 5.74) is 4.39. The lowest BCUT2D eigenvalue weighted by Crippen LogP contribution is -2.28. The van der Waals surface area contributed by atoms with Gasteiger partial charge in [0.05, 0.1) is 11.0 Å². The Morgan fingerprint density at radius 1 is 0.917 bits per heavy atom. The summed E-state index contributed by atoms with van der Waals surface area (Å²) in [6.45, 7) is 3.39. The number of carbonyl (C=O) groups is 3. The molecule has 1 amide bonds. The van der Waals surface area contributed by atoms with Crippen LogP contribution in [0.3, 0.4) is 0 Å². The first kappa shape index (κ1) is 23.4. The van der Waals surface area contributed by atoms with Crippen molar-refractivity contribution in [2.24, 2.45) is 0 Å². The molecule has 6 nitrogen and oxygen atoms in total. The molecule has 0 unspecified atom stereocenters. The highest BCUT2D eigenvalue weighted by atomic mass is 32.1. The Labute approximate surface area is 212 Å². The first-order chi connectivity index (χ1) is 17.3. The highest BCUT2D eigenvalue weighted by Gasteiger charge is 2.29. The minimum atomic E-state index is -0.193. The number of nitrogens with zero attached hydrogens (tertiary/aromatic N) is 2. The van der Waals surface area contributed by atoms with Crippen molar-refractivity contribution in [3.63, 3.8) is 0 Å². The Bertz CT molecular complexity index is 1740. The molecule has 4 aromatic rings. The van der Waals surface area contributed by atoms with Crippen LogP contribution in [0.15, 0.2) is 71.1 Å². The van der Waals surface area contributed by atoms with E-state index in [0.29, 0.717) is 33.4 Å². The standard InChI is InChI=1S/C29H22N2O4S/c1-4-25-26(15-18-9-11-19(12-10-18)30(3)17(2)32)35-29(36)31(25)20-13-14-23-24(16-20)28(34)22-8-6-5-7-21(22)27(23)33/h4-16H,1-3H3/b25-4+,26-15+. The minimum Gasteiger partial charge on any atom is -0.429 e. The molecule has 0 saturated heterocycles. The Kier molecular flexibility index (Phi) is 5.86. The zero-order valence-electron chi connectivity index (χ0n) is 19.9. The Hall–Kier alpha value is -4.36. The molecule has 1 aliphatic carbocycles. The molecule has 0 bridgehead atoms. The predicted octanol–water partition coefficient (Wildman–Crippen LogP) is 4.19. The molecule has 36 heavy (non-hydrogen) atoms. The molecule has 1 aromatic heterocycles. The van der Waals surface area contributed by atoms with Crippen molar-refractivity contribution in [3.05, 3.63) is 110 Å². The largest absolute Gasteiger partial charge is 0.429 e. The van der Waals surface area contributed by atoms with Crippen LogP contribution in [0.1, 0.15) is 51.3 Å². The number of aromatic nitrogens is 1. The van der Waals surface area contributed by atoms with E-state index in [0.717, 1.165) is 16.6 Å². The fourth-order valence-corrected chi connectivity index (χ4v) is 4.67. The molecular weight excluding hydrogens is 472 g/mol. The number of anilines is 1. The van der Waals surface area contributed by atoms with Crippen molar-refractivity contribution in [3.8, 4) is 5.69 Å². The molecule has 5 rings (SSSR count). The lowest BCUT2D eigenvalue weighted by atomic mass is 9.84. The van der Waals surface area contributed by atoms with Crippen LogP contribution in [-0.2, 0) is 4.79 Å². The van der Waals surface area contributed by atoms with Gasteiger partial charge in [-0.25, -0.2) is 0 Å². The number of carbonyl (C=O) groups excluding carboxylic acids is 3. The minimum absolute atomic E-state index is 0.0499. The predicted molar refractivity (Wildman–Crippen MR) is 141 cm³/mol. The van der Waals surface area contributed by atoms with Gasteiger partial charge in [-0.15, -0.1) is 0 Å². The number of hydrogen-bond donors (Lipinski definition) is 0. The van der Waals surface area contributed by atoms with Gasteiger partial charge in [-0.05, 0) is 61.1 Å². The summed E-state index contributed by atoms with van der Waals surface area (Å²) in [5, 5.41) is 0.722. The van der Waals surface area contributed by atoms with Crippen LogP contribution in [0, 0.1) is 4.84 Å². The highest BCUT2D eigenvalue weighted by Crippen LogP contribution is 2.28. The lowest BCUT2D eigenvalue weighted by Gasteiger charge is -2.18. The Balaban J connectivity index is 1.60. The normalized spacial score (nSPS) is 13.5. The second-order valence-corrected chi connectivity index (χ2v) is 8.84. The zero-order chi connectivity index (χ0) is 25.6. The van der Waals surface area contributed by atoms with Crippen LogP contribution in [0.4, 0.5) is 5.69 Å². The van der Waals surface area contributed by atoms with Gasteiger partial charge in [-0.3, -0.25) is 19.0 Å². The molecule has 0 atom stereocenters. The van der Waals surface area contributed by atoms with Crippen molar-refractivity contribution >= 4 is 47.5 Å². The van der Waals surface area contributed by atoms with Gasteiger partial charge in [0.1, 0.15) is 0 Å². The second-order valence-electron chi connectivity index (χ2n) is 8.49. The van der Waals surface area contributed by atoms with E-state index in [1.165, 1.54) is 6.92 Å². The van der Waals surface area contributed by atoms with Gasteiger partial charge < -0.3 is 9.32 Å². The summed E-state index contributed by atoms with van der Waals surface area (Å²) < 4.78 is 7.68. The summed E-state index contributed by atoms with van der Waals surface area (Å²) in [5.74, 6) is -0.412. The van der Waals surface area contributed by atoms with Gasteiger partial charge in [0.25, 0.3) is 4.84 Å². The number of ketones is 2. The third-order valence-corrected chi connectivity index (χ3v) is 6.63. The van der Waals surface area contributed by atoms with Crippen LogP contribution < -0.4 is 15.7 Å². The van der Waals surface area contributed by atoms with Crippen LogP contribution in [0.2, 0.25) is 0 Å². The van der Waals surface area contributed by atoms with Gasteiger partial charge in [-0.1, -0.05) is 42.5 Å². The Morgan fingerprint density at radius 2 is 1.53 bits per heavy atom. The van der Waals surface area contributed by atoms with Gasteiger partial charge in [-0.2, -0.15) is 0 Å². The van der Waals surface area contributed by atoms with Crippen molar-refractivity contribution < 1.29 is 18.8 Å². The first-order valence-corrected chi connectivity index (χ1v) is 11.8. The zero-order valence-corrected chi connectivity index (χ0v) is 20.8. The fraction of sp³-hybridized carbons (Fsp3) is 0.103. The van der Waals surface area contributed by atoms with Crippen LogP contribution in [0.25, 0.3) is 17.8 Å². The average Bonchev–Trinajstić information content (AvgIpc) is 3.21. The fourth-order valence-electron chi connectivity index (χ4n) is 4.37. The lowest BCUT2D eigenvalue weighted by molar-refractivity contribution is -0.116. The van der Waals surface area contributed by atoms with E-state index in [4.69, 9.17) is 16.6 Å². The smallest absolute Gasteiger partial charge is 0.274 e. The summed E-state index contributed by atoms with van der Waals surface area (Å²) in [7, 11) is 1.72. The summed E-state index contributed by atoms with van der Waals surface area (Å²) in [6.07, 6.45) is 3.74. The number of rotatable bonds is 3. The summed E-state index contributed by atoms with van der Waals surface area (Å²) in [6, 6.07) is 19.5. The van der Waals surface area contributed by atoms with E-state index in [1.807, 2.05) is 43.3 Å². The second kappa shape index (κ2) is 9.02. The molecular formula is C29H22N2O4S. The molecule has 0 N–H and O–H groups in total. The summed E-state index contributed by atoms with van der Waals surface area (Å²) in [4.78, 5) is 39.6. The van der Waals surface area contributed by atoms with Crippen LogP contribution >= 0.6 is 12.2 Å². The van der Waals surface area contributed by atoms with E-state index in [2.05, 4.69) is 0 Å². The van der Waals surface area contributed by atoms with Crippen molar-refractivity contribution in [2.45, 2.75) is 13.8 Å². The van der Waals surface area contributed by atoms with Crippen molar-refractivity contribution in [1.29, 1.82) is 0 Å². The third kappa shape index (κ3) is 3.83. The molecule has 3 aromatic carbocycles. The first-order valence-electron chi connectivity index (χ1n) is 11.4. The van der Waals surface area contributed by atoms with E-state index in [1.54, 1.807) is 59.0 Å². The van der Waals surface area contributed by atoms with Crippen LogP contribution in [-0.4, -0.2) is 29.1 Å². The van der Waals surface area contributed by atoms with E-state index < -0.39 is 0 Å². The molecule has 0 fully saturated rings. The average molecular weight is 495 g/mol. The summed E-state index contributed by atoms with van der Waals surface area (Å²) >= 11 is 5.54. The number of oxazole rings is 1. The maximum Gasteiger partial charge on any atom is 0.274 e. The van der Waals surface area contributed by atoms with Gasteiger partial charge in [0.2, 0.25) is 5.91 Å². The molecule has 1 aliphatic rings. The van der Waals surface area contributed by atoms with E-state index in [9.17, 15) is 14.4 Å². The van der Waals surface area contributed by atoms with E-state index >= 15 is 0 Å². The van der Waals surface area contributed by atoms with Gasteiger partial charge >= 0.3 is 0 Å². The monoisotopic (exact) mass is 494 g/mol. The van der Waals surface area contributed by atoms with Crippen LogP contribution in [0.5, 0.6) is 0 Å². The number of amides is 1. The highest BCUT2D eigenvalue weighted by molar-refractivity contribution is 7.71. The van der Waals surface area contributed by atoms with E-state index in [-0.39, 0.29) is 22.3 Å². The molecule has 178 valence electrons. The molecule has 1 heterocycles. The quantitative estimate of drug-likeness (QED) is 0.352.